The molecular weight excluding hydrogens is 1830 g/mol. The molecule has 31 heteroatoms. The van der Waals surface area contributed by atoms with Gasteiger partial charge in [-0.25, -0.2) is 13.8 Å². The molecule has 0 spiro atoms. The van der Waals surface area contributed by atoms with E-state index in [9.17, 15) is 13.6 Å². The average Bonchev–Trinajstić information content (AvgIpc) is 1.59. The Bertz CT molecular complexity index is 6300. The number of aromatic nitrogens is 6. The lowest BCUT2D eigenvalue weighted by Crippen LogP contribution is -2.50. The third-order valence-corrected chi connectivity index (χ3v) is 30.3. The van der Waals surface area contributed by atoms with Gasteiger partial charge in [-0.15, -0.1) is 0 Å². The number of carbonyl (C=O) groups excluding carboxylic acids is 1. The van der Waals surface area contributed by atoms with E-state index in [1.807, 2.05) is 97.9 Å². The minimum atomic E-state index is -0.974. The number of nitrogen functional groups attached to an aromatic ring is 2. The van der Waals surface area contributed by atoms with Gasteiger partial charge < -0.3 is 73.7 Å². The molecule has 10 aromatic rings. The van der Waals surface area contributed by atoms with Crippen LogP contribution in [0.25, 0.3) is 38.9 Å². The average molecular weight is 1970 g/mol. The molecule has 5 fully saturated rings. The predicted octanol–water partition coefficient (Wildman–Crippen LogP) is 19.1. The van der Waals surface area contributed by atoms with Crippen LogP contribution in [0.15, 0.2) is 191 Å². The van der Waals surface area contributed by atoms with Gasteiger partial charge in [0.25, 0.3) is 0 Å². The lowest BCUT2D eigenvalue weighted by molar-refractivity contribution is -0.120. The second kappa shape index (κ2) is 46.0. The van der Waals surface area contributed by atoms with Crippen LogP contribution < -0.4 is 26.8 Å². The summed E-state index contributed by atoms with van der Waals surface area (Å²) in [6, 6.07) is 34.2. The number of halogens is 3. The zero-order chi connectivity index (χ0) is 98.2. The second-order valence-electron chi connectivity index (χ2n) is 39.5. The number of nitrogens with zero attached hydrogens (tertiary/aromatic N) is 16. The van der Waals surface area contributed by atoms with Crippen molar-refractivity contribution in [1.82, 2.24) is 59.6 Å². The molecular formula is C111H138ClF2N19O8S. The second-order valence-corrected chi connectivity index (χ2v) is 40.0. The van der Waals surface area contributed by atoms with E-state index in [0.29, 0.717) is 47.8 Å². The Kier molecular flexibility index (Phi) is 33.0. The highest BCUT2D eigenvalue weighted by atomic mass is 35.5. The van der Waals surface area contributed by atoms with Crippen molar-refractivity contribution >= 4 is 93.3 Å². The number of ether oxygens (including phenoxy) is 3. The molecule has 142 heavy (non-hydrogen) atoms. The van der Waals surface area contributed by atoms with E-state index < -0.39 is 17.7 Å². The Morgan fingerprint density at radius 2 is 0.958 bits per heavy atom. The molecule has 9 atom stereocenters. The zero-order valence-corrected chi connectivity index (χ0v) is 85.6. The number of amidine groups is 3. The van der Waals surface area contributed by atoms with Gasteiger partial charge in [-0.2, -0.15) is 13.5 Å². The maximum absolute atomic E-state index is 14.3. The molecule has 5 aromatic carbocycles. The molecule has 4 aliphatic carbocycles. The minimum Gasteiger partial charge on any atom is -0.495 e. The molecule has 1 amide bonds. The monoisotopic (exact) mass is 1970 g/mol. The van der Waals surface area contributed by atoms with Crippen molar-refractivity contribution in [2.24, 2.45) is 20.7 Å². The van der Waals surface area contributed by atoms with Gasteiger partial charge in [-0.1, -0.05) is 112 Å². The van der Waals surface area contributed by atoms with E-state index >= 15 is 0 Å². The summed E-state index contributed by atoms with van der Waals surface area (Å²) < 4.78 is 68.4. The summed E-state index contributed by atoms with van der Waals surface area (Å²) in [5.74, 6) is 6.33. The van der Waals surface area contributed by atoms with E-state index in [-0.39, 0.29) is 67.7 Å². The summed E-state index contributed by atoms with van der Waals surface area (Å²) in [7, 11) is 1.65. The van der Waals surface area contributed by atoms with Crippen LogP contribution in [0.2, 0.25) is 5.02 Å². The molecule has 1 saturated carbocycles. The standard InChI is InChI=1S/C29H37ClN4O2.C29H31F2N5O2.C27H35N5O2.C26H33N5O2.H2S/c1-19(33-14-6-5-7-15-33)18-34-26-11-10-23(29-20(2)32-36-21(29)3)17-25(26)31-28(34)13-9-22-8-12-27(35-4)24(30)16-22;1-16-28(17(2)38-34-16)18-6-13-25-24(14-18)33-29(36(25)20-9-7-19(32)8-10-20)26-4-3-5-27(37)35(26)21-11-12-22(30)23(31)15-21;1-18(31-12-14-33-15-13-31)17-32-25-10-7-22(27-19(2)30-34-20(27)3)16-24(25)29-26(32)11-6-21-4-8-23(28)9-5-21;1-18-26(19(2)33-29-18)21-6-9-24-23(17-21)28-25(10-5-20-3-7-22(27)8-4-20)31(24)12-11-30-13-15-32-16-14-30;/h8,10-12,16-17,19,25-26H,5-7,9,13-15,18H2,1-4H3;6,11-15,19-20,26H,3-5,7-10,32H2,1-2H3;4-5,7-10,16,18,24-25H,6,11-15,17,28H2,1-3H3;3-4,6-9,17,23-24H,5,10-16,27H2,1-2H3;1H2/t19-,25?,26?;19?,20?,26-;;;/m00.../s1. The third-order valence-electron chi connectivity index (χ3n) is 30.0. The van der Waals surface area contributed by atoms with Crippen molar-refractivity contribution in [1.29, 1.82) is 0 Å². The van der Waals surface area contributed by atoms with Gasteiger partial charge in [0.15, 0.2) is 11.6 Å². The van der Waals surface area contributed by atoms with Gasteiger partial charge >= 0.3 is 0 Å². The molecule has 5 aromatic heterocycles. The summed E-state index contributed by atoms with van der Waals surface area (Å²) in [5.41, 5.74) is 37.7. The van der Waals surface area contributed by atoms with Crippen LogP contribution in [0.3, 0.4) is 0 Å². The summed E-state index contributed by atoms with van der Waals surface area (Å²) in [6.45, 7) is 34.1. The maximum atomic E-state index is 14.3. The van der Waals surface area contributed by atoms with Gasteiger partial charge in [-0.3, -0.25) is 34.5 Å². The minimum absolute atomic E-state index is 0. The Morgan fingerprint density at radius 3 is 1.44 bits per heavy atom. The predicted molar refractivity (Wildman–Crippen MR) is 564 cm³/mol. The highest BCUT2D eigenvalue weighted by molar-refractivity contribution is 7.59. The van der Waals surface area contributed by atoms with E-state index in [4.69, 9.17) is 81.1 Å². The van der Waals surface area contributed by atoms with Crippen molar-refractivity contribution in [3.05, 3.63) is 259 Å². The van der Waals surface area contributed by atoms with Crippen LogP contribution in [0.4, 0.5) is 25.8 Å². The van der Waals surface area contributed by atoms with Gasteiger partial charge in [-0.05, 0) is 271 Å². The number of amides is 1. The van der Waals surface area contributed by atoms with Crippen LogP contribution in [0, 0.1) is 67.0 Å². The van der Waals surface area contributed by atoms with Crippen molar-refractivity contribution in [2.75, 3.05) is 115 Å². The third kappa shape index (κ3) is 23.1. The fraction of sp³-hybridized carbons (Fsp3) is 0.468. The van der Waals surface area contributed by atoms with E-state index in [0.717, 1.165) is 274 Å². The Hall–Kier alpha value is -11.6. The molecule has 27 nitrogen and oxygen atoms in total. The number of aliphatic imine (C=N–C) groups is 3. The number of hydrogen-bond acceptors (Lipinski definition) is 25. The first-order valence-corrected chi connectivity index (χ1v) is 51.1. The van der Waals surface area contributed by atoms with Crippen LogP contribution in [-0.2, 0) is 33.5 Å². The van der Waals surface area contributed by atoms with Crippen molar-refractivity contribution in [3.8, 4) is 16.9 Å². The van der Waals surface area contributed by atoms with Gasteiger partial charge in [0.2, 0.25) is 5.91 Å². The van der Waals surface area contributed by atoms with Gasteiger partial charge in [0.05, 0.1) is 115 Å². The molecule has 7 unspecified atom stereocenters. The largest absolute Gasteiger partial charge is 0.495 e. The molecule has 752 valence electrons. The SMILES string of the molecule is COc1ccc(CCC2=NC3C=C(c4c(C)noc4C)C=CC3N2C[C@H](C)N2CCCCC2)cc1Cl.Cc1noc(C)c1-c1ccc2c(c1)nc([C@@H]1CCCC(=O)N1c1ccc(F)c(F)c1)n2C1CCC(N)CC1.Cc1noc(C)c1C1=CC2N=C(CCc3ccc(N)cc3)N(CC(C)N3CCOCC3)C2C=C1.Cc1noc(C)c1C1=CC2N=C(CCc3ccc(N)cc3)N(CCN3CCOCC3)C2C=C1.S. The number of benzene rings is 5. The Morgan fingerprint density at radius 1 is 0.493 bits per heavy atom. The maximum Gasteiger partial charge on any atom is 0.227 e. The number of hydrogen-bond donors (Lipinski definition) is 3. The number of aryl methyl sites for hydroxylation is 11. The van der Waals surface area contributed by atoms with Crippen LogP contribution in [-0.4, -0.2) is 236 Å². The number of allylic oxidation sites excluding steroid dienone is 6. The lowest BCUT2D eigenvalue weighted by atomic mass is 9.91. The summed E-state index contributed by atoms with van der Waals surface area (Å²) in [6.07, 6.45) is 35.4. The fourth-order valence-corrected chi connectivity index (χ4v) is 22.7. The first kappa shape index (κ1) is 102. The van der Waals surface area contributed by atoms with Crippen LogP contribution in [0.5, 0.6) is 5.75 Å². The Balaban J connectivity index is 0.000000130. The van der Waals surface area contributed by atoms with E-state index in [2.05, 4.69) is 166 Å². The quantitative estimate of drug-likeness (QED) is 0.0424. The van der Waals surface area contributed by atoms with Crippen molar-refractivity contribution in [2.45, 2.75) is 238 Å². The molecule has 6 N–H and O–H groups in total. The number of piperidine rings is 2. The van der Waals surface area contributed by atoms with Crippen molar-refractivity contribution in [3.63, 3.8) is 0 Å². The molecule has 21 rings (SSSR count). The number of likely N-dealkylation sites (tertiary alicyclic amines) is 1. The molecule has 11 aliphatic rings. The number of methoxy groups -OCH3 is 1. The highest BCUT2D eigenvalue weighted by Gasteiger charge is 2.43. The highest BCUT2D eigenvalue weighted by Crippen LogP contribution is 2.45. The van der Waals surface area contributed by atoms with Crippen LogP contribution >= 0.6 is 25.1 Å². The lowest BCUT2D eigenvalue weighted by Gasteiger charge is -2.38. The van der Waals surface area contributed by atoms with E-state index in [1.54, 1.807) is 12.0 Å². The summed E-state index contributed by atoms with van der Waals surface area (Å²) >= 11 is 6.40. The van der Waals surface area contributed by atoms with Gasteiger partial charge in [0, 0.05) is 148 Å². The number of morpholine rings is 2. The zero-order valence-electron chi connectivity index (χ0n) is 83.9. The summed E-state index contributed by atoms with van der Waals surface area (Å²) in [4.78, 5) is 50.9. The fourth-order valence-electron chi connectivity index (χ4n) is 22.4. The molecule has 7 aliphatic heterocycles. The molecule has 0 radical (unpaired) electrons. The number of carbonyl (C=O) groups is 1. The number of anilines is 3. The number of nitrogens with two attached hydrogens (primary N) is 3. The summed E-state index contributed by atoms with van der Waals surface area (Å²) in [5, 5.41) is 17.2. The molecule has 4 saturated heterocycles. The van der Waals surface area contributed by atoms with Gasteiger partial charge in [0.1, 0.15) is 52.1 Å². The molecule has 0 bridgehead atoms. The number of fused-ring (bicyclic) bond motifs is 4. The number of rotatable bonds is 26. The molecule has 12 heterocycles. The smallest absolute Gasteiger partial charge is 0.227 e. The topological polar surface area (TPSA) is 305 Å². The van der Waals surface area contributed by atoms with E-state index in [1.165, 1.54) is 72.6 Å². The van der Waals surface area contributed by atoms with Crippen LogP contribution in [0.1, 0.15) is 194 Å². The number of imidazole rings is 1. The first-order chi connectivity index (χ1) is 68.3. The van der Waals surface area contributed by atoms with Crippen molar-refractivity contribution < 1.29 is 45.9 Å². The Labute approximate surface area is 844 Å². The first-order valence-electron chi connectivity index (χ1n) is 50.7. The normalized spacial score (nSPS) is 22.8.